The lowest BCUT2D eigenvalue weighted by atomic mass is 9.82. The van der Waals surface area contributed by atoms with Crippen LogP contribution in [0.1, 0.15) is 37.0 Å². The van der Waals surface area contributed by atoms with Gasteiger partial charge in [-0.25, -0.2) is 0 Å². The maximum Gasteiger partial charge on any atom is 0.303 e. The predicted molar refractivity (Wildman–Crippen MR) is 72.2 cm³/mol. The minimum absolute atomic E-state index is 0.156. The molecule has 0 atom stereocenters. The summed E-state index contributed by atoms with van der Waals surface area (Å²) in [5.41, 5.74) is 3.19. The molecule has 0 spiro atoms. The third kappa shape index (κ3) is 3.76. The molecule has 1 N–H and O–H groups in total. The molecule has 100 valence electrons. The van der Waals surface area contributed by atoms with Crippen LogP contribution >= 0.6 is 0 Å². The van der Waals surface area contributed by atoms with Crippen molar-refractivity contribution in [3.8, 4) is 5.75 Å². The van der Waals surface area contributed by atoms with E-state index < -0.39 is 5.97 Å². The lowest BCUT2D eigenvalue weighted by Gasteiger charge is -2.24. The summed E-state index contributed by atoms with van der Waals surface area (Å²) in [6.07, 6.45) is 0.854. The third-order valence-corrected chi connectivity index (χ3v) is 3.20. The Balaban J connectivity index is 3.03. The number of ether oxygens (including phenoxy) is 1. The minimum atomic E-state index is -0.761. The second-order valence-electron chi connectivity index (χ2n) is 5.66. The van der Waals surface area contributed by atoms with Gasteiger partial charge in [0.25, 0.3) is 0 Å². The number of aryl methyl sites for hydroxylation is 2. The van der Waals surface area contributed by atoms with Crippen LogP contribution in [-0.2, 0) is 11.2 Å². The highest BCUT2D eigenvalue weighted by Gasteiger charge is 2.24. The normalized spacial score (nSPS) is 11.4. The van der Waals surface area contributed by atoms with E-state index in [0.717, 1.165) is 11.3 Å². The first-order valence-corrected chi connectivity index (χ1v) is 6.11. The van der Waals surface area contributed by atoms with Gasteiger partial charge in [-0.2, -0.15) is 0 Å². The van der Waals surface area contributed by atoms with Crippen molar-refractivity contribution in [3.63, 3.8) is 0 Å². The van der Waals surface area contributed by atoms with E-state index in [1.165, 1.54) is 11.1 Å². The summed E-state index contributed by atoms with van der Waals surface area (Å²) in [4.78, 5) is 10.8. The van der Waals surface area contributed by atoms with E-state index in [4.69, 9.17) is 9.84 Å². The zero-order valence-corrected chi connectivity index (χ0v) is 11.8. The number of hydrogen-bond acceptors (Lipinski definition) is 2. The average Bonchev–Trinajstić information content (AvgIpc) is 2.20. The van der Waals surface area contributed by atoms with Gasteiger partial charge in [-0.1, -0.05) is 19.9 Å². The Labute approximate surface area is 109 Å². The molecule has 3 nitrogen and oxygen atoms in total. The van der Waals surface area contributed by atoms with Crippen molar-refractivity contribution in [2.75, 3.05) is 7.11 Å². The molecular formula is C15H22O3. The van der Waals surface area contributed by atoms with Gasteiger partial charge in [0.1, 0.15) is 5.75 Å². The quantitative estimate of drug-likeness (QED) is 0.871. The maximum absolute atomic E-state index is 10.8. The number of carboxylic acids is 1. The van der Waals surface area contributed by atoms with Crippen LogP contribution in [0.2, 0.25) is 0 Å². The van der Waals surface area contributed by atoms with Crippen LogP contribution in [0.5, 0.6) is 5.75 Å². The summed E-state index contributed by atoms with van der Waals surface area (Å²) in [5, 5.41) is 8.92. The van der Waals surface area contributed by atoms with Crippen molar-refractivity contribution in [1.82, 2.24) is 0 Å². The molecule has 0 aliphatic rings. The zero-order chi connectivity index (χ0) is 13.9. The van der Waals surface area contributed by atoms with Crippen LogP contribution in [0.3, 0.4) is 0 Å². The fraction of sp³-hybridized carbons (Fsp3) is 0.533. The molecule has 0 radical (unpaired) electrons. The lowest BCUT2D eigenvalue weighted by Crippen LogP contribution is -2.20. The van der Waals surface area contributed by atoms with E-state index in [-0.39, 0.29) is 11.8 Å². The van der Waals surface area contributed by atoms with Gasteiger partial charge in [-0.05, 0) is 48.4 Å². The van der Waals surface area contributed by atoms with Crippen molar-refractivity contribution in [2.24, 2.45) is 5.41 Å². The molecule has 0 aromatic heterocycles. The van der Waals surface area contributed by atoms with Crippen LogP contribution in [-0.4, -0.2) is 18.2 Å². The predicted octanol–water partition coefficient (Wildman–Crippen LogP) is 3.36. The first-order valence-electron chi connectivity index (χ1n) is 6.11. The molecule has 0 saturated heterocycles. The SMILES string of the molecule is COc1cc(C)c(C)cc1CC(C)(C)CC(=O)O. The summed E-state index contributed by atoms with van der Waals surface area (Å²) >= 11 is 0. The summed E-state index contributed by atoms with van der Waals surface area (Å²) in [6.45, 7) is 8.04. The summed E-state index contributed by atoms with van der Waals surface area (Å²) in [7, 11) is 1.65. The first kappa shape index (κ1) is 14.6. The van der Waals surface area contributed by atoms with Gasteiger partial charge in [0.05, 0.1) is 13.5 Å². The molecule has 18 heavy (non-hydrogen) atoms. The van der Waals surface area contributed by atoms with Gasteiger partial charge in [-0.15, -0.1) is 0 Å². The molecule has 0 bridgehead atoms. The molecule has 1 rings (SSSR count). The molecule has 1 aromatic rings. The van der Waals surface area contributed by atoms with Crippen molar-refractivity contribution in [2.45, 2.75) is 40.5 Å². The van der Waals surface area contributed by atoms with Crippen LogP contribution < -0.4 is 4.74 Å². The number of methoxy groups -OCH3 is 1. The molecular weight excluding hydrogens is 228 g/mol. The number of hydrogen-bond donors (Lipinski definition) is 1. The zero-order valence-electron chi connectivity index (χ0n) is 11.8. The Hall–Kier alpha value is -1.51. The Morgan fingerprint density at radius 1 is 1.28 bits per heavy atom. The van der Waals surface area contributed by atoms with Gasteiger partial charge in [0, 0.05) is 0 Å². The molecule has 0 aliphatic carbocycles. The number of rotatable bonds is 5. The van der Waals surface area contributed by atoms with Crippen molar-refractivity contribution < 1.29 is 14.6 Å². The van der Waals surface area contributed by atoms with Crippen LogP contribution in [0.4, 0.5) is 0 Å². The van der Waals surface area contributed by atoms with E-state index in [2.05, 4.69) is 13.0 Å². The fourth-order valence-corrected chi connectivity index (χ4v) is 2.17. The highest BCUT2D eigenvalue weighted by atomic mass is 16.5. The Kier molecular flexibility index (Phi) is 4.38. The monoisotopic (exact) mass is 250 g/mol. The van der Waals surface area contributed by atoms with E-state index >= 15 is 0 Å². The van der Waals surface area contributed by atoms with Gasteiger partial charge < -0.3 is 9.84 Å². The molecule has 0 saturated carbocycles. The van der Waals surface area contributed by atoms with Gasteiger partial charge >= 0.3 is 5.97 Å². The van der Waals surface area contributed by atoms with Crippen molar-refractivity contribution >= 4 is 5.97 Å². The van der Waals surface area contributed by atoms with Crippen LogP contribution in [0.25, 0.3) is 0 Å². The topological polar surface area (TPSA) is 46.5 Å². The molecule has 0 amide bonds. The van der Waals surface area contributed by atoms with Crippen LogP contribution in [0, 0.1) is 19.3 Å². The Morgan fingerprint density at radius 3 is 2.33 bits per heavy atom. The molecule has 0 aliphatic heterocycles. The maximum atomic E-state index is 10.8. The second-order valence-corrected chi connectivity index (χ2v) is 5.66. The molecule has 0 unspecified atom stereocenters. The smallest absolute Gasteiger partial charge is 0.303 e. The molecule has 3 heteroatoms. The first-order chi connectivity index (χ1) is 8.25. The highest BCUT2D eigenvalue weighted by molar-refractivity contribution is 5.67. The van der Waals surface area contributed by atoms with E-state index in [1.54, 1.807) is 7.11 Å². The summed E-state index contributed by atoms with van der Waals surface area (Å²) in [6, 6.07) is 4.11. The van der Waals surface area contributed by atoms with Crippen LogP contribution in [0.15, 0.2) is 12.1 Å². The molecule has 1 aromatic carbocycles. The van der Waals surface area contributed by atoms with Gasteiger partial charge in [-0.3, -0.25) is 4.79 Å². The summed E-state index contributed by atoms with van der Waals surface area (Å²) in [5.74, 6) is 0.0827. The van der Waals surface area contributed by atoms with Crippen molar-refractivity contribution in [1.29, 1.82) is 0 Å². The molecule has 0 fully saturated rings. The van der Waals surface area contributed by atoms with E-state index in [1.807, 2.05) is 26.8 Å². The highest BCUT2D eigenvalue weighted by Crippen LogP contribution is 2.32. The van der Waals surface area contributed by atoms with Gasteiger partial charge in [0.2, 0.25) is 0 Å². The Bertz CT molecular complexity index is 447. The average molecular weight is 250 g/mol. The number of carboxylic acid groups (broad SMARTS) is 1. The summed E-state index contributed by atoms with van der Waals surface area (Å²) < 4.78 is 5.38. The number of benzene rings is 1. The van der Waals surface area contributed by atoms with Crippen molar-refractivity contribution in [3.05, 3.63) is 28.8 Å². The lowest BCUT2D eigenvalue weighted by molar-refractivity contribution is -0.139. The minimum Gasteiger partial charge on any atom is -0.496 e. The van der Waals surface area contributed by atoms with E-state index in [0.29, 0.717) is 6.42 Å². The Morgan fingerprint density at radius 2 is 1.83 bits per heavy atom. The third-order valence-electron chi connectivity index (χ3n) is 3.20. The molecule has 0 heterocycles. The second kappa shape index (κ2) is 5.42. The number of aliphatic carboxylic acids is 1. The largest absolute Gasteiger partial charge is 0.496 e. The standard InChI is InChI=1S/C15H22O3/c1-10-6-12(13(18-5)7-11(10)2)8-15(3,4)9-14(16)17/h6-7H,8-9H2,1-5H3,(H,16,17). The van der Waals surface area contributed by atoms with E-state index in [9.17, 15) is 4.79 Å². The van der Waals surface area contributed by atoms with Gasteiger partial charge in [0.15, 0.2) is 0 Å². The number of carbonyl (C=O) groups is 1. The fourth-order valence-electron chi connectivity index (χ4n) is 2.17.